The monoisotopic (exact) mass is 296 g/mol. The van der Waals surface area contributed by atoms with Crippen molar-refractivity contribution in [2.75, 3.05) is 5.73 Å². The van der Waals surface area contributed by atoms with Gasteiger partial charge in [0.1, 0.15) is 17.4 Å². The first-order valence-electron chi connectivity index (χ1n) is 6.73. The Balaban J connectivity index is 1.78. The predicted molar refractivity (Wildman–Crippen MR) is 87.5 cm³/mol. The van der Waals surface area contributed by atoms with Crippen molar-refractivity contribution < 1.29 is 4.74 Å². The van der Waals surface area contributed by atoms with Crippen LogP contribution in [0.5, 0.6) is 5.75 Å². The lowest BCUT2D eigenvalue weighted by Gasteiger charge is -2.07. The Morgan fingerprint density at radius 3 is 2.52 bits per heavy atom. The van der Waals surface area contributed by atoms with Gasteiger partial charge in [0.2, 0.25) is 0 Å². The summed E-state index contributed by atoms with van der Waals surface area (Å²) in [6, 6.07) is 17.7. The number of nitrogens with zero attached hydrogens (tertiary/aromatic N) is 1. The maximum atomic E-state index is 5.88. The molecule has 0 unspecified atom stereocenters. The first kappa shape index (κ1) is 13.6. The molecule has 0 saturated carbocycles. The lowest BCUT2D eigenvalue weighted by atomic mass is 10.2. The van der Waals surface area contributed by atoms with E-state index in [0.717, 1.165) is 21.1 Å². The molecule has 4 heteroatoms. The molecule has 21 heavy (non-hydrogen) atoms. The van der Waals surface area contributed by atoms with Gasteiger partial charge < -0.3 is 10.5 Å². The summed E-state index contributed by atoms with van der Waals surface area (Å²) in [6.07, 6.45) is 0. The summed E-state index contributed by atoms with van der Waals surface area (Å²) in [7, 11) is 0. The van der Waals surface area contributed by atoms with Gasteiger partial charge in [0, 0.05) is 5.56 Å². The summed E-state index contributed by atoms with van der Waals surface area (Å²) in [6.45, 7) is 2.50. The van der Waals surface area contributed by atoms with Gasteiger partial charge in [-0.25, -0.2) is 4.98 Å². The number of anilines is 1. The Morgan fingerprint density at radius 2 is 1.76 bits per heavy atom. The molecule has 0 spiro atoms. The number of rotatable bonds is 4. The zero-order chi connectivity index (χ0) is 14.7. The summed E-state index contributed by atoms with van der Waals surface area (Å²) >= 11 is 1.66. The second-order valence-electron chi connectivity index (χ2n) is 4.72. The number of hydrogen-bond donors (Lipinski definition) is 1. The Labute approximate surface area is 128 Å². The highest BCUT2D eigenvalue weighted by molar-refractivity contribution is 7.15. The lowest BCUT2D eigenvalue weighted by molar-refractivity contribution is 0.310. The van der Waals surface area contributed by atoms with Crippen LogP contribution in [0.3, 0.4) is 0 Å². The van der Waals surface area contributed by atoms with Gasteiger partial charge in [0.05, 0.1) is 16.3 Å². The molecule has 0 bridgehead atoms. The van der Waals surface area contributed by atoms with E-state index in [1.54, 1.807) is 11.3 Å². The number of nitrogen functional groups attached to an aromatic ring is 1. The molecule has 0 aliphatic carbocycles. The van der Waals surface area contributed by atoms with Gasteiger partial charge in [0.15, 0.2) is 0 Å². The number of thiazole rings is 1. The van der Waals surface area contributed by atoms with E-state index < -0.39 is 0 Å². The average molecular weight is 296 g/mol. The third-order valence-electron chi connectivity index (χ3n) is 3.19. The van der Waals surface area contributed by atoms with Gasteiger partial charge in [-0.15, -0.1) is 11.3 Å². The van der Waals surface area contributed by atoms with Gasteiger partial charge in [-0.05, 0) is 19.1 Å². The van der Waals surface area contributed by atoms with E-state index in [4.69, 9.17) is 10.5 Å². The molecule has 0 amide bonds. The third kappa shape index (κ3) is 3.06. The molecule has 3 nitrogen and oxygen atoms in total. The van der Waals surface area contributed by atoms with E-state index in [1.807, 2.05) is 49.4 Å². The maximum absolute atomic E-state index is 5.88. The molecule has 3 aromatic rings. The highest BCUT2D eigenvalue weighted by Crippen LogP contribution is 2.29. The number of benzene rings is 2. The van der Waals surface area contributed by atoms with Crippen molar-refractivity contribution in [3.63, 3.8) is 0 Å². The zero-order valence-electron chi connectivity index (χ0n) is 11.7. The minimum atomic E-state index is 0.491. The average Bonchev–Trinajstić information content (AvgIpc) is 2.89. The molecule has 0 atom stereocenters. The summed E-state index contributed by atoms with van der Waals surface area (Å²) in [4.78, 5) is 5.75. The summed E-state index contributed by atoms with van der Waals surface area (Å²) in [5, 5.41) is 1.02. The molecule has 0 radical (unpaired) electrons. The molecule has 0 fully saturated rings. The largest absolute Gasteiger partial charge is 0.486 e. The van der Waals surface area contributed by atoms with Gasteiger partial charge in [-0.3, -0.25) is 0 Å². The second-order valence-corrected chi connectivity index (χ2v) is 5.80. The fourth-order valence-corrected chi connectivity index (χ4v) is 3.00. The van der Waals surface area contributed by atoms with Crippen molar-refractivity contribution in [3.05, 3.63) is 65.2 Å². The Kier molecular flexibility index (Phi) is 3.88. The number of aromatic nitrogens is 1. The molecule has 0 aliphatic rings. The molecule has 0 aliphatic heterocycles. The van der Waals surface area contributed by atoms with Gasteiger partial charge in [0.25, 0.3) is 0 Å². The van der Waals surface area contributed by atoms with E-state index in [-0.39, 0.29) is 0 Å². The van der Waals surface area contributed by atoms with Crippen LogP contribution >= 0.6 is 11.3 Å². The number of para-hydroxylation sites is 2. The fourth-order valence-electron chi connectivity index (χ4n) is 2.02. The van der Waals surface area contributed by atoms with E-state index >= 15 is 0 Å². The van der Waals surface area contributed by atoms with Crippen molar-refractivity contribution in [1.29, 1.82) is 0 Å². The van der Waals surface area contributed by atoms with Crippen LogP contribution in [0, 0.1) is 6.92 Å². The van der Waals surface area contributed by atoms with E-state index in [1.165, 1.54) is 0 Å². The van der Waals surface area contributed by atoms with Crippen LogP contribution in [-0.2, 0) is 6.61 Å². The molecule has 0 saturated heterocycles. The molecular weight excluding hydrogens is 280 g/mol. The van der Waals surface area contributed by atoms with Gasteiger partial charge >= 0.3 is 0 Å². The lowest BCUT2D eigenvalue weighted by Crippen LogP contribution is -1.98. The molecule has 1 aromatic heterocycles. The van der Waals surface area contributed by atoms with E-state index in [9.17, 15) is 0 Å². The fraction of sp³-hybridized carbons (Fsp3) is 0.118. The zero-order valence-corrected chi connectivity index (χ0v) is 12.6. The van der Waals surface area contributed by atoms with Gasteiger partial charge in [-0.1, -0.05) is 42.5 Å². The Bertz CT molecular complexity index is 738. The van der Waals surface area contributed by atoms with Crippen LogP contribution in [0.4, 0.5) is 5.69 Å². The summed E-state index contributed by atoms with van der Waals surface area (Å²) in [5.74, 6) is 0.714. The standard InChI is InChI=1S/C17H16N2OS/c1-12-16(11-20-15-10-6-5-9-14(15)18)21-17(19-12)13-7-3-2-4-8-13/h2-10H,11,18H2,1H3. The van der Waals surface area contributed by atoms with Crippen LogP contribution < -0.4 is 10.5 Å². The number of nitrogens with two attached hydrogens (primary N) is 1. The van der Waals surface area contributed by atoms with Gasteiger partial charge in [-0.2, -0.15) is 0 Å². The van der Waals surface area contributed by atoms with E-state index in [2.05, 4.69) is 17.1 Å². The maximum Gasteiger partial charge on any atom is 0.142 e. The van der Waals surface area contributed by atoms with Crippen LogP contribution in [0.25, 0.3) is 10.6 Å². The minimum Gasteiger partial charge on any atom is -0.486 e. The van der Waals surface area contributed by atoms with Crippen molar-refractivity contribution >= 4 is 17.0 Å². The van der Waals surface area contributed by atoms with Crippen molar-refractivity contribution in [1.82, 2.24) is 4.98 Å². The number of hydrogen-bond acceptors (Lipinski definition) is 4. The van der Waals surface area contributed by atoms with Crippen molar-refractivity contribution in [3.8, 4) is 16.3 Å². The number of aryl methyl sites for hydroxylation is 1. The highest BCUT2D eigenvalue weighted by Gasteiger charge is 2.10. The van der Waals surface area contributed by atoms with Crippen molar-refractivity contribution in [2.24, 2.45) is 0 Å². The second kappa shape index (κ2) is 5.97. The molecule has 1 heterocycles. The molecule has 2 N–H and O–H groups in total. The third-order valence-corrected chi connectivity index (χ3v) is 4.37. The van der Waals surface area contributed by atoms with Crippen LogP contribution in [0.1, 0.15) is 10.6 Å². The van der Waals surface area contributed by atoms with Crippen molar-refractivity contribution in [2.45, 2.75) is 13.5 Å². The molecule has 3 rings (SSSR count). The van der Waals surface area contributed by atoms with Crippen LogP contribution in [0.15, 0.2) is 54.6 Å². The molecule has 106 valence electrons. The Morgan fingerprint density at radius 1 is 1.05 bits per heavy atom. The van der Waals surface area contributed by atoms with Crippen LogP contribution in [-0.4, -0.2) is 4.98 Å². The SMILES string of the molecule is Cc1nc(-c2ccccc2)sc1COc1ccccc1N. The first-order valence-corrected chi connectivity index (χ1v) is 7.55. The highest BCUT2D eigenvalue weighted by atomic mass is 32.1. The topological polar surface area (TPSA) is 48.1 Å². The minimum absolute atomic E-state index is 0.491. The molecule has 2 aromatic carbocycles. The van der Waals surface area contributed by atoms with Crippen LogP contribution in [0.2, 0.25) is 0 Å². The smallest absolute Gasteiger partial charge is 0.142 e. The number of ether oxygens (including phenoxy) is 1. The predicted octanol–water partition coefficient (Wildman–Crippen LogP) is 4.28. The van der Waals surface area contributed by atoms with E-state index in [0.29, 0.717) is 18.0 Å². The Hall–Kier alpha value is -2.33. The quantitative estimate of drug-likeness (QED) is 0.731. The first-order chi connectivity index (χ1) is 10.2. The summed E-state index contributed by atoms with van der Waals surface area (Å²) < 4.78 is 5.80. The normalized spacial score (nSPS) is 10.5. The summed E-state index contributed by atoms with van der Waals surface area (Å²) in [5.41, 5.74) is 8.68. The molecular formula is C17H16N2OS.